The van der Waals surface area contributed by atoms with E-state index in [-0.39, 0.29) is 36.5 Å². The van der Waals surface area contributed by atoms with Crippen LogP contribution in [0, 0.1) is 5.82 Å². The molecule has 1 saturated heterocycles. The quantitative estimate of drug-likeness (QED) is 0.570. The molecule has 6 rings (SSSR count). The Morgan fingerprint density at radius 1 is 1.11 bits per heavy atom. The van der Waals surface area contributed by atoms with Gasteiger partial charge in [0.05, 0.1) is 29.1 Å². The van der Waals surface area contributed by atoms with E-state index in [4.69, 9.17) is 9.47 Å². The van der Waals surface area contributed by atoms with Crippen molar-refractivity contribution >= 4 is 23.4 Å². The monoisotopic (exact) mass is 505 g/mol. The summed E-state index contributed by atoms with van der Waals surface area (Å²) in [4.78, 5) is 22.8. The number of fused-ring (bicyclic) bond motifs is 1. The summed E-state index contributed by atoms with van der Waals surface area (Å²) < 4.78 is 42.4. The zero-order chi connectivity index (χ0) is 23.2. The van der Waals surface area contributed by atoms with Crippen molar-refractivity contribution in [2.75, 3.05) is 32.8 Å². The Bertz CT molecular complexity index is 1310. The number of halogens is 3. The molecule has 0 amide bonds. The average molecular weight is 506 g/mol. The normalized spacial score (nSPS) is 23.3. The van der Waals surface area contributed by atoms with Gasteiger partial charge >= 0.3 is 0 Å². The summed E-state index contributed by atoms with van der Waals surface area (Å²) in [7, 11) is 0. The van der Waals surface area contributed by atoms with Gasteiger partial charge in [-0.25, -0.2) is 8.78 Å². The Morgan fingerprint density at radius 3 is 2.77 bits per heavy atom. The molecule has 0 aromatic carbocycles. The van der Waals surface area contributed by atoms with Crippen LogP contribution in [-0.4, -0.2) is 64.5 Å². The summed E-state index contributed by atoms with van der Waals surface area (Å²) >= 11 is 0. The molecule has 3 atom stereocenters. The molecule has 0 radical (unpaired) electrons. The van der Waals surface area contributed by atoms with Gasteiger partial charge in [-0.2, -0.15) is 0 Å². The second kappa shape index (κ2) is 9.67. The fraction of sp³-hybridized carbons (Fsp3) is 0.458. The molecule has 0 aliphatic carbocycles. The third-order valence-corrected chi connectivity index (χ3v) is 6.94. The zero-order valence-corrected chi connectivity index (χ0v) is 19.8. The van der Waals surface area contributed by atoms with E-state index in [1.807, 2.05) is 11.0 Å². The van der Waals surface area contributed by atoms with Gasteiger partial charge in [0.2, 0.25) is 0 Å². The molecule has 0 spiro atoms. The number of rotatable bonds is 5. The van der Waals surface area contributed by atoms with Crippen LogP contribution in [0.1, 0.15) is 23.6 Å². The predicted octanol–water partition coefficient (Wildman–Crippen LogP) is 2.42. The van der Waals surface area contributed by atoms with E-state index < -0.39 is 12.0 Å². The molecular formula is C24H26ClF2N5O3. The molecule has 35 heavy (non-hydrogen) atoms. The molecule has 186 valence electrons. The molecule has 3 aromatic rings. The number of aromatic nitrogens is 3. The van der Waals surface area contributed by atoms with Gasteiger partial charge in [0.1, 0.15) is 25.2 Å². The first-order valence-electron chi connectivity index (χ1n) is 11.6. The first-order chi connectivity index (χ1) is 16.6. The van der Waals surface area contributed by atoms with Crippen LogP contribution < -0.4 is 20.3 Å². The Balaban J connectivity index is 0.00000253. The standard InChI is InChI=1S/C24H25F2N5O3.ClH/c25-16-9-29-19-1-2-22(32)31-12-14(23(16)24(19)31)11-30-4-3-18(17(26)13-30)28-8-15-7-20-21(10-27-15)34-6-5-33-20;/h1-2,7,9-10,14,17-18,28H,3-6,8,11-13H2;1H/t14?,17-,18+;/m1./s1. The highest BCUT2D eigenvalue weighted by atomic mass is 35.5. The minimum absolute atomic E-state index is 0. The summed E-state index contributed by atoms with van der Waals surface area (Å²) in [6.45, 7) is 3.27. The number of piperidine rings is 1. The second-order valence-electron chi connectivity index (χ2n) is 9.10. The van der Waals surface area contributed by atoms with E-state index >= 15 is 4.39 Å². The summed E-state index contributed by atoms with van der Waals surface area (Å²) in [6, 6.07) is 4.63. The largest absolute Gasteiger partial charge is 0.486 e. The van der Waals surface area contributed by atoms with Crippen molar-refractivity contribution < 1.29 is 18.3 Å². The minimum atomic E-state index is -1.07. The molecule has 3 aromatic heterocycles. The number of ether oxygens (including phenoxy) is 2. The number of hydrogen-bond donors (Lipinski definition) is 1. The molecule has 11 heteroatoms. The van der Waals surface area contributed by atoms with Crippen LogP contribution in [0.5, 0.6) is 11.5 Å². The number of nitrogens with zero attached hydrogens (tertiary/aromatic N) is 4. The Kier molecular flexibility index (Phi) is 6.61. The molecule has 0 saturated carbocycles. The van der Waals surface area contributed by atoms with Crippen molar-refractivity contribution in [2.24, 2.45) is 0 Å². The first-order valence-corrected chi connectivity index (χ1v) is 11.6. The van der Waals surface area contributed by atoms with Crippen LogP contribution in [0.2, 0.25) is 0 Å². The predicted molar refractivity (Wildman–Crippen MR) is 128 cm³/mol. The van der Waals surface area contributed by atoms with Crippen molar-refractivity contribution in [3.63, 3.8) is 0 Å². The lowest BCUT2D eigenvalue weighted by Crippen LogP contribution is -2.51. The summed E-state index contributed by atoms with van der Waals surface area (Å²) in [6.07, 6.45) is 2.41. The van der Waals surface area contributed by atoms with Crippen LogP contribution in [-0.2, 0) is 13.1 Å². The first kappa shape index (κ1) is 23.9. The van der Waals surface area contributed by atoms with Gasteiger partial charge in [-0.1, -0.05) is 0 Å². The van der Waals surface area contributed by atoms with Crippen molar-refractivity contribution in [3.8, 4) is 11.5 Å². The topological polar surface area (TPSA) is 81.5 Å². The van der Waals surface area contributed by atoms with Crippen LogP contribution in [0.15, 0.2) is 35.4 Å². The van der Waals surface area contributed by atoms with E-state index in [0.29, 0.717) is 73.9 Å². The van der Waals surface area contributed by atoms with Gasteiger partial charge < -0.3 is 19.4 Å². The number of alkyl halides is 1. The van der Waals surface area contributed by atoms with E-state index in [1.165, 1.54) is 12.3 Å². The Labute approximate surface area is 206 Å². The zero-order valence-electron chi connectivity index (χ0n) is 19.0. The maximum Gasteiger partial charge on any atom is 0.251 e. The molecule has 3 aliphatic rings. The summed E-state index contributed by atoms with van der Waals surface area (Å²) in [5, 5.41) is 3.28. The van der Waals surface area contributed by atoms with E-state index in [2.05, 4.69) is 15.3 Å². The Hall–Kier alpha value is -2.82. The highest BCUT2D eigenvalue weighted by Gasteiger charge is 2.34. The van der Waals surface area contributed by atoms with Crippen LogP contribution in [0.4, 0.5) is 8.78 Å². The van der Waals surface area contributed by atoms with Gasteiger partial charge in [-0.3, -0.25) is 19.7 Å². The van der Waals surface area contributed by atoms with Gasteiger partial charge in [0.25, 0.3) is 5.56 Å². The van der Waals surface area contributed by atoms with Gasteiger partial charge in [-0.15, -0.1) is 12.4 Å². The number of likely N-dealkylation sites (tertiary alicyclic amines) is 1. The lowest BCUT2D eigenvalue weighted by atomic mass is 9.97. The third kappa shape index (κ3) is 4.46. The fourth-order valence-corrected chi connectivity index (χ4v) is 5.29. The van der Waals surface area contributed by atoms with Crippen molar-refractivity contribution in [1.29, 1.82) is 0 Å². The van der Waals surface area contributed by atoms with Crippen molar-refractivity contribution in [3.05, 3.63) is 58.0 Å². The van der Waals surface area contributed by atoms with Gasteiger partial charge in [0.15, 0.2) is 11.5 Å². The molecule has 1 fully saturated rings. The highest BCUT2D eigenvalue weighted by Crippen LogP contribution is 2.35. The Morgan fingerprint density at radius 2 is 1.94 bits per heavy atom. The van der Waals surface area contributed by atoms with Crippen LogP contribution in [0.3, 0.4) is 0 Å². The summed E-state index contributed by atoms with van der Waals surface area (Å²) in [5.41, 5.74) is 2.30. The maximum atomic E-state index is 15.1. The minimum Gasteiger partial charge on any atom is -0.486 e. The highest BCUT2D eigenvalue weighted by molar-refractivity contribution is 5.85. The maximum absolute atomic E-state index is 15.1. The van der Waals surface area contributed by atoms with Gasteiger partial charge in [-0.05, 0) is 19.0 Å². The van der Waals surface area contributed by atoms with E-state index in [0.717, 1.165) is 5.69 Å². The van der Waals surface area contributed by atoms with Crippen LogP contribution >= 0.6 is 12.4 Å². The van der Waals surface area contributed by atoms with Crippen LogP contribution in [0.25, 0.3) is 11.0 Å². The summed E-state index contributed by atoms with van der Waals surface area (Å²) in [5.74, 6) is 0.679. The molecule has 1 N–H and O–H groups in total. The number of hydrogen-bond acceptors (Lipinski definition) is 7. The van der Waals surface area contributed by atoms with Crippen molar-refractivity contribution in [2.45, 2.75) is 37.6 Å². The molecule has 0 bridgehead atoms. The lowest BCUT2D eigenvalue weighted by molar-refractivity contribution is 0.0969. The fourth-order valence-electron chi connectivity index (χ4n) is 5.29. The molecule has 8 nitrogen and oxygen atoms in total. The molecular weight excluding hydrogens is 480 g/mol. The second-order valence-corrected chi connectivity index (χ2v) is 9.10. The number of pyridine rings is 3. The van der Waals surface area contributed by atoms with Crippen molar-refractivity contribution in [1.82, 2.24) is 24.8 Å². The third-order valence-electron chi connectivity index (χ3n) is 6.94. The number of nitrogens with one attached hydrogen (secondary N) is 1. The van der Waals surface area contributed by atoms with Gasteiger partial charge in [0, 0.05) is 55.8 Å². The van der Waals surface area contributed by atoms with E-state index in [9.17, 15) is 9.18 Å². The van der Waals surface area contributed by atoms with E-state index in [1.54, 1.807) is 16.8 Å². The smallest absolute Gasteiger partial charge is 0.251 e. The molecule has 6 heterocycles. The lowest BCUT2D eigenvalue weighted by Gasteiger charge is -2.36. The SMILES string of the molecule is Cl.O=c1ccc2ncc(F)c3c2n1CC3CN1CC[C@H](NCc2cc3c(cn2)OCCO3)[C@H](F)C1. The average Bonchev–Trinajstić information content (AvgIpc) is 3.23. The molecule has 1 unspecified atom stereocenters. The molecule has 3 aliphatic heterocycles.